The van der Waals surface area contributed by atoms with Crippen molar-refractivity contribution >= 4 is 23.6 Å². The summed E-state index contributed by atoms with van der Waals surface area (Å²) in [5, 5.41) is 8.82. The van der Waals surface area contributed by atoms with Crippen molar-refractivity contribution in [3.63, 3.8) is 0 Å². The van der Waals surface area contributed by atoms with Crippen LogP contribution in [-0.2, 0) is 25.7 Å². The molecule has 0 radical (unpaired) electrons. The van der Waals surface area contributed by atoms with E-state index in [1.165, 1.54) is 4.90 Å². The number of carboxylic acid groups (broad SMARTS) is 1. The molecule has 1 N–H and O–H groups in total. The van der Waals surface area contributed by atoms with Crippen LogP contribution in [0.1, 0.15) is 31.2 Å². The molecule has 2 amide bonds. The Morgan fingerprint density at radius 2 is 1.84 bits per heavy atom. The summed E-state index contributed by atoms with van der Waals surface area (Å²) in [6, 6.07) is 8.62. The molecule has 1 heterocycles. The first-order valence-corrected chi connectivity index (χ1v) is 8.24. The van der Waals surface area contributed by atoms with Crippen LogP contribution in [0.15, 0.2) is 30.3 Å². The molecule has 1 aromatic rings. The van der Waals surface area contributed by atoms with Gasteiger partial charge in [0.2, 0.25) is 11.8 Å². The number of Topliss-reactive ketones (excluding diaryl/α,β-unsaturated/α-hetero) is 1. The van der Waals surface area contributed by atoms with Gasteiger partial charge in [0.15, 0.2) is 0 Å². The quantitative estimate of drug-likeness (QED) is 0.745. The Kier molecular flexibility index (Phi) is 6.27. The second-order valence-corrected chi connectivity index (χ2v) is 6.15. The highest BCUT2D eigenvalue weighted by Crippen LogP contribution is 2.20. The topological polar surface area (TPSA) is 95.0 Å². The van der Waals surface area contributed by atoms with Crippen LogP contribution in [0.4, 0.5) is 0 Å². The molecule has 1 fully saturated rings. The number of hydrogen-bond acceptors (Lipinski definition) is 4. The molecule has 0 aliphatic carbocycles. The van der Waals surface area contributed by atoms with Gasteiger partial charge in [-0.25, -0.2) is 4.79 Å². The Morgan fingerprint density at radius 1 is 1.16 bits per heavy atom. The van der Waals surface area contributed by atoms with Gasteiger partial charge in [0.1, 0.15) is 6.04 Å². The van der Waals surface area contributed by atoms with Crippen molar-refractivity contribution in [2.45, 2.75) is 38.3 Å². The van der Waals surface area contributed by atoms with Gasteiger partial charge in [-0.1, -0.05) is 30.3 Å². The van der Waals surface area contributed by atoms with Crippen molar-refractivity contribution in [3.8, 4) is 0 Å². The lowest BCUT2D eigenvalue weighted by Crippen LogP contribution is -2.43. The molecule has 1 atom stereocenters. The number of ketones is 1. The van der Waals surface area contributed by atoms with Crippen LogP contribution in [-0.4, -0.2) is 58.1 Å². The van der Waals surface area contributed by atoms with Crippen molar-refractivity contribution in [2.24, 2.45) is 0 Å². The maximum Gasteiger partial charge on any atom is 0.374 e. The minimum absolute atomic E-state index is 0.0264. The maximum absolute atomic E-state index is 12.3. The number of benzene rings is 1. The van der Waals surface area contributed by atoms with Gasteiger partial charge in [-0.2, -0.15) is 0 Å². The van der Waals surface area contributed by atoms with Crippen LogP contribution in [0.3, 0.4) is 0 Å². The van der Waals surface area contributed by atoms with E-state index >= 15 is 0 Å². The van der Waals surface area contributed by atoms with Gasteiger partial charge < -0.3 is 14.9 Å². The number of hydrogen-bond donors (Lipinski definition) is 1. The summed E-state index contributed by atoms with van der Waals surface area (Å²) >= 11 is 0. The number of rotatable bonds is 7. The van der Waals surface area contributed by atoms with Gasteiger partial charge >= 0.3 is 5.97 Å². The number of carbonyl (C=O) groups is 4. The molecule has 134 valence electrons. The van der Waals surface area contributed by atoms with Gasteiger partial charge in [-0.15, -0.1) is 0 Å². The number of aliphatic carboxylic acids is 1. The second kappa shape index (κ2) is 8.41. The zero-order valence-corrected chi connectivity index (χ0v) is 14.2. The molecule has 7 nitrogen and oxygen atoms in total. The zero-order chi connectivity index (χ0) is 18.4. The number of likely N-dealkylation sites (tertiary alicyclic amines) is 1. The third-order valence-corrected chi connectivity index (χ3v) is 4.33. The Balaban J connectivity index is 1.85. The lowest BCUT2D eigenvalue weighted by Gasteiger charge is -2.23. The SMILES string of the molecule is CN(Cc1ccccc1)C(=O)CCC(=O)N1CCC[C@H]1C(=O)C(=O)O. The minimum atomic E-state index is -1.52. The van der Waals surface area contributed by atoms with Crippen molar-refractivity contribution in [3.05, 3.63) is 35.9 Å². The van der Waals surface area contributed by atoms with E-state index in [2.05, 4.69) is 0 Å². The predicted octanol–water partition coefficient (Wildman–Crippen LogP) is 1.07. The molecule has 0 aromatic heterocycles. The van der Waals surface area contributed by atoms with Crippen LogP contribution < -0.4 is 0 Å². The average Bonchev–Trinajstić information content (AvgIpc) is 3.09. The van der Waals surface area contributed by atoms with Gasteiger partial charge in [0.25, 0.3) is 5.78 Å². The monoisotopic (exact) mass is 346 g/mol. The highest BCUT2D eigenvalue weighted by molar-refractivity contribution is 6.35. The Labute approximate surface area is 146 Å². The van der Waals surface area contributed by atoms with Crippen LogP contribution in [0.25, 0.3) is 0 Å². The van der Waals surface area contributed by atoms with E-state index in [9.17, 15) is 19.2 Å². The highest BCUT2D eigenvalue weighted by Gasteiger charge is 2.37. The summed E-state index contributed by atoms with van der Waals surface area (Å²) in [5.74, 6) is -3.00. The Hall–Kier alpha value is -2.70. The molecule has 2 rings (SSSR count). The highest BCUT2D eigenvalue weighted by atomic mass is 16.4. The van der Waals surface area contributed by atoms with Crippen LogP contribution in [0, 0.1) is 0 Å². The van der Waals surface area contributed by atoms with Crippen LogP contribution in [0.2, 0.25) is 0 Å². The number of amides is 2. The summed E-state index contributed by atoms with van der Waals surface area (Å²) in [6.45, 7) is 0.814. The van der Waals surface area contributed by atoms with E-state index in [1.807, 2.05) is 30.3 Å². The Morgan fingerprint density at radius 3 is 2.48 bits per heavy atom. The first-order valence-electron chi connectivity index (χ1n) is 8.24. The van der Waals surface area contributed by atoms with E-state index in [0.717, 1.165) is 5.56 Å². The zero-order valence-electron chi connectivity index (χ0n) is 14.2. The fourth-order valence-electron chi connectivity index (χ4n) is 2.97. The molecular formula is C18H22N2O5. The third-order valence-electron chi connectivity index (χ3n) is 4.33. The molecule has 25 heavy (non-hydrogen) atoms. The van der Waals surface area contributed by atoms with E-state index < -0.39 is 17.8 Å². The molecule has 1 aliphatic rings. The molecule has 1 aromatic carbocycles. The minimum Gasteiger partial charge on any atom is -0.475 e. The van der Waals surface area contributed by atoms with Crippen LogP contribution in [0.5, 0.6) is 0 Å². The second-order valence-electron chi connectivity index (χ2n) is 6.15. The fraction of sp³-hybridized carbons (Fsp3) is 0.444. The van der Waals surface area contributed by atoms with Crippen molar-refractivity contribution in [1.29, 1.82) is 0 Å². The van der Waals surface area contributed by atoms with Crippen molar-refractivity contribution in [1.82, 2.24) is 9.80 Å². The normalized spacial score (nSPS) is 16.5. The van der Waals surface area contributed by atoms with E-state index in [0.29, 0.717) is 25.9 Å². The Bertz CT molecular complexity index is 659. The fourth-order valence-corrected chi connectivity index (χ4v) is 2.97. The molecule has 0 bridgehead atoms. The van der Waals surface area contributed by atoms with Gasteiger partial charge in [-0.05, 0) is 18.4 Å². The first-order chi connectivity index (χ1) is 11.9. The van der Waals surface area contributed by atoms with E-state index in [1.54, 1.807) is 11.9 Å². The van der Waals surface area contributed by atoms with Gasteiger partial charge in [0, 0.05) is 33.0 Å². The lowest BCUT2D eigenvalue weighted by atomic mass is 10.1. The largest absolute Gasteiger partial charge is 0.475 e. The lowest BCUT2D eigenvalue weighted by molar-refractivity contribution is -0.153. The summed E-state index contributed by atoms with van der Waals surface area (Å²) < 4.78 is 0. The maximum atomic E-state index is 12.3. The first kappa shape index (κ1) is 18.6. The summed E-state index contributed by atoms with van der Waals surface area (Å²) in [7, 11) is 1.67. The van der Waals surface area contributed by atoms with Gasteiger partial charge in [0.05, 0.1) is 0 Å². The molecular weight excluding hydrogens is 324 g/mol. The van der Waals surface area contributed by atoms with Gasteiger partial charge in [-0.3, -0.25) is 14.4 Å². The molecule has 0 spiro atoms. The molecule has 0 saturated carbocycles. The average molecular weight is 346 g/mol. The van der Waals surface area contributed by atoms with E-state index in [4.69, 9.17) is 5.11 Å². The standard InChI is InChI=1S/C18H22N2O5/c1-19(12-13-6-3-2-4-7-13)15(21)9-10-16(22)20-11-5-8-14(20)17(23)18(24)25/h2-4,6-7,14H,5,8-12H2,1H3,(H,24,25)/t14-/m0/s1. The smallest absolute Gasteiger partial charge is 0.374 e. The summed E-state index contributed by atoms with van der Waals surface area (Å²) in [6.07, 6.45) is 0.962. The predicted molar refractivity (Wildman–Crippen MR) is 89.5 cm³/mol. The number of carboxylic acids is 1. The molecule has 1 aliphatic heterocycles. The van der Waals surface area contributed by atoms with E-state index in [-0.39, 0.29) is 24.7 Å². The van der Waals surface area contributed by atoms with Crippen molar-refractivity contribution < 1.29 is 24.3 Å². The summed E-state index contributed by atoms with van der Waals surface area (Å²) in [5.41, 5.74) is 0.997. The number of carbonyl (C=O) groups excluding carboxylic acids is 3. The molecule has 0 unspecified atom stereocenters. The molecule has 1 saturated heterocycles. The summed E-state index contributed by atoms with van der Waals surface area (Å²) in [4.78, 5) is 49.8. The molecule has 7 heteroatoms. The number of nitrogens with zero attached hydrogens (tertiary/aromatic N) is 2. The van der Waals surface area contributed by atoms with Crippen molar-refractivity contribution in [2.75, 3.05) is 13.6 Å². The van der Waals surface area contributed by atoms with Crippen LogP contribution >= 0.6 is 0 Å². The third kappa shape index (κ3) is 4.89.